The average molecular weight is 202 g/mol. The molecule has 0 aromatic carbocycles. The number of carbonyl (C=O) groups is 2. The predicted molar refractivity (Wildman–Crippen MR) is 48.0 cm³/mol. The van der Waals surface area contributed by atoms with Crippen molar-refractivity contribution in [1.82, 2.24) is 10.6 Å². The van der Waals surface area contributed by atoms with Crippen molar-refractivity contribution in [3.63, 3.8) is 0 Å². The zero-order valence-corrected chi connectivity index (χ0v) is 7.95. The van der Waals surface area contributed by atoms with E-state index in [2.05, 4.69) is 15.4 Å². The first-order valence-corrected chi connectivity index (χ1v) is 4.43. The lowest BCUT2D eigenvalue weighted by Crippen LogP contribution is -2.43. The molecule has 1 rings (SSSR count). The highest BCUT2D eigenvalue weighted by Gasteiger charge is 2.24. The standard InChI is InChI=1S/C8H14N2O4/c1-14-6(7(11)12)4-9-8(13)10-5-2-3-5/h5-6H,2-4H2,1H3,(H,11,12)(H2,9,10,13). The summed E-state index contributed by atoms with van der Waals surface area (Å²) in [6.45, 7) is -0.0234. The van der Waals surface area contributed by atoms with Crippen molar-refractivity contribution >= 4 is 12.0 Å². The smallest absolute Gasteiger partial charge is 0.334 e. The molecule has 1 aliphatic rings. The molecule has 1 fully saturated rings. The number of carbonyl (C=O) groups excluding carboxylic acids is 1. The topological polar surface area (TPSA) is 87.7 Å². The van der Waals surface area contributed by atoms with Gasteiger partial charge in [-0.2, -0.15) is 0 Å². The molecule has 0 spiro atoms. The van der Waals surface area contributed by atoms with Crippen molar-refractivity contribution in [2.45, 2.75) is 25.0 Å². The van der Waals surface area contributed by atoms with Crippen LogP contribution in [-0.4, -0.2) is 42.9 Å². The monoisotopic (exact) mass is 202 g/mol. The molecule has 0 radical (unpaired) electrons. The summed E-state index contributed by atoms with van der Waals surface area (Å²) >= 11 is 0. The number of rotatable bonds is 5. The van der Waals surface area contributed by atoms with Crippen molar-refractivity contribution in [1.29, 1.82) is 0 Å². The maximum absolute atomic E-state index is 11.1. The van der Waals surface area contributed by atoms with Gasteiger partial charge in [-0.1, -0.05) is 0 Å². The minimum atomic E-state index is -1.08. The highest BCUT2D eigenvalue weighted by Crippen LogP contribution is 2.18. The number of hydrogen-bond donors (Lipinski definition) is 3. The summed E-state index contributed by atoms with van der Waals surface area (Å²) in [5.74, 6) is -1.08. The fourth-order valence-electron chi connectivity index (χ4n) is 0.921. The highest BCUT2D eigenvalue weighted by molar-refractivity contribution is 5.77. The number of carboxylic acids is 1. The van der Waals surface area contributed by atoms with E-state index in [1.165, 1.54) is 7.11 Å². The first kappa shape index (κ1) is 10.8. The molecule has 0 heterocycles. The molecule has 3 N–H and O–H groups in total. The van der Waals surface area contributed by atoms with Crippen LogP contribution < -0.4 is 10.6 Å². The van der Waals surface area contributed by atoms with Gasteiger partial charge in [-0.3, -0.25) is 0 Å². The van der Waals surface area contributed by atoms with Crippen molar-refractivity contribution in [3.05, 3.63) is 0 Å². The van der Waals surface area contributed by atoms with Crippen LogP contribution in [0.15, 0.2) is 0 Å². The van der Waals surface area contributed by atoms with Crippen LogP contribution in [0.4, 0.5) is 4.79 Å². The van der Waals surface area contributed by atoms with E-state index >= 15 is 0 Å². The Labute approximate surface area is 81.6 Å². The van der Waals surface area contributed by atoms with Crippen LogP contribution in [0, 0.1) is 0 Å². The quantitative estimate of drug-likeness (QED) is 0.563. The van der Waals surface area contributed by atoms with Crippen molar-refractivity contribution < 1.29 is 19.4 Å². The van der Waals surface area contributed by atoms with Crippen LogP contribution in [0.2, 0.25) is 0 Å². The Kier molecular flexibility index (Phi) is 3.70. The number of amides is 2. The van der Waals surface area contributed by atoms with Gasteiger partial charge in [0.15, 0.2) is 6.10 Å². The van der Waals surface area contributed by atoms with Crippen molar-refractivity contribution in [3.8, 4) is 0 Å². The molecule has 2 amide bonds. The van der Waals surface area contributed by atoms with Gasteiger partial charge in [0.1, 0.15) is 0 Å². The van der Waals surface area contributed by atoms with E-state index in [1.807, 2.05) is 0 Å². The molecular weight excluding hydrogens is 188 g/mol. The van der Waals surface area contributed by atoms with Gasteiger partial charge >= 0.3 is 12.0 Å². The number of hydrogen-bond acceptors (Lipinski definition) is 3. The zero-order chi connectivity index (χ0) is 10.6. The first-order chi connectivity index (χ1) is 6.63. The molecule has 0 saturated heterocycles. The Morgan fingerprint density at radius 1 is 1.57 bits per heavy atom. The summed E-state index contributed by atoms with van der Waals surface area (Å²) in [5, 5.41) is 13.7. The number of methoxy groups -OCH3 is 1. The van der Waals surface area contributed by atoms with Gasteiger partial charge in [-0.15, -0.1) is 0 Å². The van der Waals surface area contributed by atoms with Gasteiger partial charge in [0.2, 0.25) is 0 Å². The van der Waals surface area contributed by atoms with E-state index < -0.39 is 12.1 Å². The molecule has 1 saturated carbocycles. The summed E-state index contributed by atoms with van der Waals surface area (Å²) in [6.07, 6.45) is 1.01. The number of aliphatic carboxylic acids is 1. The van der Waals surface area contributed by atoms with E-state index in [4.69, 9.17) is 5.11 Å². The summed E-state index contributed by atoms with van der Waals surface area (Å²) in [5.41, 5.74) is 0. The Balaban J connectivity index is 2.16. The maximum Gasteiger partial charge on any atom is 0.334 e. The van der Waals surface area contributed by atoms with E-state index in [0.717, 1.165) is 12.8 Å². The molecule has 0 aromatic heterocycles. The summed E-state index contributed by atoms with van der Waals surface area (Å²) < 4.78 is 4.64. The van der Waals surface area contributed by atoms with E-state index in [1.54, 1.807) is 0 Å². The normalized spacial score (nSPS) is 17.2. The second-order valence-electron chi connectivity index (χ2n) is 3.19. The third kappa shape index (κ3) is 3.61. The molecular formula is C8H14N2O4. The summed E-state index contributed by atoms with van der Waals surface area (Å²) in [4.78, 5) is 21.5. The fraction of sp³-hybridized carbons (Fsp3) is 0.750. The van der Waals surface area contributed by atoms with Crippen molar-refractivity contribution in [2.24, 2.45) is 0 Å². The molecule has 80 valence electrons. The van der Waals surface area contributed by atoms with Crippen LogP contribution in [-0.2, 0) is 9.53 Å². The number of nitrogens with one attached hydrogen (secondary N) is 2. The molecule has 0 aromatic rings. The Bertz CT molecular complexity index is 227. The molecule has 14 heavy (non-hydrogen) atoms. The highest BCUT2D eigenvalue weighted by atomic mass is 16.5. The Hall–Kier alpha value is -1.30. The summed E-state index contributed by atoms with van der Waals surface area (Å²) in [7, 11) is 1.29. The molecule has 0 bridgehead atoms. The lowest BCUT2D eigenvalue weighted by molar-refractivity contribution is -0.147. The van der Waals surface area contributed by atoms with Crippen LogP contribution in [0.5, 0.6) is 0 Å². The van der Waals surface area contributed by atoms with Gasteiger partial charge in [0.05, 0.1) is 6.54 Å². The minimum absolute atomic E-state index is 0.0234. The molecule has 1 atom stereocenters. The maximum atomic E-state index is 11.1. The number of urea groups is 1. The SMILES string of the molecule is COC(CNC(=O)NC1CC1)C(=O)O. The number of carboxylic acid groups (broad SMARTS) is 1. The fourth-order valence-corrected chi connectivity index (χ4v) is 0.921. The second kappa shape index (κ2) is 4.80. The van der Waals surface area contributed by atoms with Crippen molar-refractivity contribution in [2.75, 3.05) is 13.7 Å². The van der Waals surface area contributed by atoms with Gasteiger partial charge < -0.3 is 20.5 Å². The van der Waals surface area contributed by atoms with Gasteiger partial charge in [-0.05, 0) is 12.8 Å². The number of ether oxygens (including phenoxy) is 1. The molecule has 6 nitrogen and oxygen atoms in total. The van der Waals surface area contributed by atoms with Gasteiger partial charge in [0, 0.05) is 13.2 Å². The molecule has 6 heteroatoms. The second-order valence-corrected chi connectivity index (χ2v) is 3.19. The summed E-state index contributed by atoms with van der Waals surface area (Å²) in [6, 6.07) is -0.0726. The third-order valence-corrected chi connectivity index (χ3v) is 1.92. The van der Waals surface area contributed by atoms with E-state index in [9.17, 15) is 9.59 Å². The zero-order valence-electron chi connectivity index (χ0n) is 7.95. The van der Waals surface area contributed by atoms with Gasteiger partial charge in [0.25, 0.3) is 0 Å². The van der Waals surface area contributed by atoms with Crippen LogP contribution in [0.1, 0.15) is 12.8 Å². The van der Waals surface area contributed by atoms with Gasteiger partial charge in [-0.25, -0.2) is 9.59 Å². The lowest BCUT2D eigenvalue weighted by Gasteiger charge is -2.11. The lowest BCUT2D eigenvalue weighted by atomic mass is 10.3. The molecule has 1 aliphatic carbocycles. The average Bonchev–Trinajstić information content (AvgIpc) is 2.88. The van der Waals surface area contributed by atoms with Crippen LogP contribution in [0.25, 0.3) is 0 Å². The Morgan fingerprint density at radius 2 is 2.21 bits per heavy atom. The predicted octanol–water partition coefficient (Wildman–Crippen LogP) is -0.452. The Morgan fingerprint density at radius 3 is 2.64 bits per heavy atom. The minimum Gasteiger partial charge on any atom is -0.479 e. The van der Waals surface area contributed by atoms with E-state index in [0.29, 0.717) is 0 Å². The van der Waals surface area contributed by atoms with Crippen LogP contribution >= 0.6 is 0 Å². The van der Waals surface area contributed by atoms with Crippen LogP contribution in [0.3, 0.4) is 0 Å². The first-order valence-electron chi connectivity index (χ1n) is 4.43. The molecule has 1 unspecified atom stereocenters. The van der Waals surface area contributed by atoms with E-state index in [-0.39, 0.29) is 18.6 Å². The largest absolute Gasteiger partial charge is 0.479 e. The third-order valence-electron chi connectivity index (χ3n) is 1.92. The molecule has 0 aliphatic heterocycles.